The van der Waals surface area contributed by atoms with Crippen LogP contribution in [-0.2, 0) is 16.6 Å². The summed E-state index contributed by atoms with van der Waals surface area (Å²) in [4.78, 5) is 22.0. The van der Waals surface area contributed by atoms with E-state index in [9.17, 15) is 13.2 Å². The first-order chi connectivity index (χ1) is 16.8. The molecule has 4 rings (SSSR count). The second kappa shape index (κ2) is 11.9. The third-order valence-electron chi connectivity index (χ3n) is 5.59. The van der Waals surface area contributed by atoms with Gasteiger partial charge in [-0.3, -0.25) is 9.69 Å². The molecule has 0 radical (unpaired) electrons. The van der Waals surface area contributed by atoms with E-state index < -0.39 is 10.0 Å². The van der Waals surface area contributed by atoms with Crippen LogP contribution < -0.4 is 4.90 Å². The molecular formula is C26H29ClN4O3S2. The highest BCUT2D eigenvalue weighted by atomic mass is 35.5. The number of likely N-dealkylation sites (N-methyl/N-ethyl adjacent to an activating group) is 1. The lowest BCUT2D eigenvalue weighted by Gasteiger charge is -2.22. The molecule has 0 atom stereocenters. The van der Waals surface area contributed by atoms with Crippen molar-refractivity contribution >= 4 is 55.0 Å². The predicted octanol–water partition coefficient (Wildman–Crippen LogP) is 4.75. The van der Waals surface area contributed by atoms with Gasteiger partial charge in [0.05, 0.1) is 15.1 Å². The van der Waals surface area contributed by atoms with E-state index in [2.05, 4.69) is 4.98 Å². The molecule has 0 spiro atoms. The summed E-state index contributed by atoms with van der Waals surface area (Å²) in [7, 11) is 1.76. The molecule has 190 valence electrons. The van der Waals surface area contributed by atoms with Crippen LogP contribution in [0.15, 0.2) is 83.8 Å². The van der Waals surface area contributed by atoms with Gasteiger partial charge >= 0.3 is 0 Å². The monoisotopic (exact) mass is 544 g/mol. The number of thiazole rings is 1. The third kappa shape index (κ3) is 6.29. The van der Waals surface area contributed by atoms with Gasteiger partial charge in [0, 0.05) is 32.2 Å². The summed E-state index contributed by atoms with van der Waals surface area (Å²) in [6.45, 7) is 1.39. The minimum atomic E-state index is -3.70. The molecule has 10 heteroatoms. The number of para-hydroxylation sites is 1. The Morgan fingerprint density at radius 3 is 2.14 bits per heavy atom. The van der Waals surface area contributed by atoms with E-state index in [-0.39, 0.29) is 29.8 Å². The molecule has 3 aromatic carbocycles. The molecule has 0 bridgehead atoms. The number of nitrogens with zero attached hydrogens (tertiary/aromatic N) is 4. The zero-order valence-corrected chi connectivity index (χ0v) is 22.8. The van der Waals surface area contributed by atoms with Gasteiger partial charge in [-0.15, -0.1) is 12.4 Å². The summed E-state index contributed by atoms with van der Waals surface area (Å²) < 4.78 is 28.4. The fourth-order valence-corrected chi connectivity index (χ4v) is 5.74. The Hall–Kier alpha value is -2.82. The first kappa shape index (κ1) is 27.8. The molecule has 0 saturated heterocycles. The maximum absolute atomic E-state index is 13.5. The largest absolute Gasteiger partial charge is 0.308 e. The van der Waals surface area contributed by atoms with Crippen LogP contribution >= 0.6 is 23.7 Å². The summed E-state index contributed by atoms with van der Waals surface area (Å²) in [5, 5.41) is 0.623. The molecule has 0 fully saturated rings. The second-order valence-corrected chi connectivity index (χ2v) is 11.5. The number of sulfonamides is 1. The highest BCUT2D eigenvalue weighted by Gasteiger charge is 2.24. The van der Waals surface area contributed by atoms with Gasteiger partial charge in [0.15, 0.2) is 5.13 Å². The van der Waals surface area contributed by atoms with Gasteiger partial charge < -0.3 is 4.90 Å². The average Bonchev–Trinajstić information content (AvgIpc) is 3.28. The molecule has 7 nitrogen and oxygen atoms in total. The van der Waals surface area contributed by atoms with E-state index in [0.717, 1.165) is 15.8 Å². The molecule has 0 saturated carbocycles. The van der Waals surface area contributed by atoms with E-state index in [1.807, 2.05) is 73.6 Å². The number of carbonyl (C=O) groups excluding carboxylic acids is 1. The first-order valence-electron chi connectivity index (χ1n) is 11.2. The fourth-order valence-electron chi connectivity index (χ4n) is 3.59. The lowest BCUT2D eigenvalue weighted by molar-refractivity contribution is 0.0985. The van der Waals surface area contributed by atoms with Crippen molar-refractivity contribution in [3.63, 3.8) is 0 Å². The van der Waals surface area contributed by atoms with E-state index in [1.165, 1.54) is 27.8 Å². The van der Waals surface area contributed by atoms with Crippen LogP contribution in [0, 0.1) is 0 Å². The Kier molecular flexibility index (Phi) is 9.21. The molecule has 1 amide bonds. The summed E-state index contributed by atoms with van der Waals surface area (Å²) in [6.07, 6.45) is 0. The Morgan fingerprint density at radius 2 is 1.50 bits per heavy atom. The Labute approximate surface area is 222 Å². The quantitative estimate of drug-likeness (QED) is 0.304. The molecule has 0 N–H and O–H groups in total. The molecular weight excluding hydrogens is 516 g/mol. The number of carbonyl (C=O) groups is 1. The highest BCUT2D eigenvalue weighted by Crippen LogP contribution is 2.30. The minimum absolute atomic E-state index is 0. The highest BCUT2D eigenvalue weighted by molar-refractivity contribution is 7.89. The maximum atomic E-state index is 13.5. The van der Waals surface area contributed by atoms with Gasteiger partial charge in [-0.05, 0) is 56.1 Å². The average molecular weight is 545 g/mol. The predicted molar refractivity (Wildman–Crippen MR) is 149 cm³/mol. The molecule has 1 aromatic heterocycles. The Bertz CT molecular complexity index is 1380. The molecule has 0 aliphatic heterocycles. The lowest BCUT2D eigenvalue weighted by Crippen LogP contribution is -2.36. The molecule has 1 heterocycles. The van der Waals surface area contributed by atoms with Crippen molar-refractivity contribution in [1.29, 1.82) is 0 Å². The van der Waals surface area contributed by atoms with Gasteiger partial charge in [-0.25, -0.2) is 13.4 Å². The van der Waals surface area contributed by atoms with Gasteiger partial charge in [0.25, 0.3) is 5.91 Å². The van der Waals surface area contributed by atoms with Crippen LogP contribution in [0.2, 0.25) is 0 Å². The van der Waals surface area contributed by atoms with Crippen LogP contribution in [0.1, 0.15) is 15.9 Å². The van der Waals surface area contributed by atoms with Crippen LogP contribution in [0.4, 0.5) is 5.13 Å². The second-order valence-electron chi connectivity index (χ2n) is 8.50. The van der Waals surface area contributed by atoms with E-state index >= 15 is 0 Å². The summed E-state index contributed by atoms with van der Waals surface area (Å²) in [5.74, 6) is -0.215. The van der Waals surface area contributed by atoms with Crippen LogP contribution in [-0.4, -0.2) is 62.7 Å². The van der Waals surface area contributed by atoms with Crippen molar-refractivity contribution in [1.82, 2.24) is 14.2 Å². The number of aromatic nitrogens is 1. The van der Waals surface area contributed by atoms with Gasteiger partial charge in [-0.2, -0.15) is 4.31 Å². The number of anilines is 1. The minimum Gasteiger partial charge on any atom is -0.308 e. The van der Waals surface area contributed by atoms with E-state index in [0.29, 0.717) is 23.8 Å². The summed E-state index contributed by atoms with van der Waals surface area (Å²) in [5.41, 5.74) is 2.16. The zero-order valence-electron chi connectivity index (χ0n) is 20.4. The van der Waals surface area contributed by atoms with Gasteiger partial charge in [0.2, 0.25) is 10.0 Å². The molecule has 0 aliphatic carbocycles. The number of hydrogen-bond acceptors (Lipinski definition) is 6. The first-order valence-corrected chi connectivity index (χ1v) is 13.4. The number of amides is 1. The van der Waals surface area contributed by atoms with Crippen LogP contribution in [0.5, 0.6) is 0 Å². The number of rotatable bonds is 9. The van der Waals surface area contributed by atoms with Crippen molar-refractivity contribution < 1.29 is 13.2 Å². The smallest absolute Gasteiger partial charge is 0.260 e. The number of benzene rings is 3. The lowest BCUT2D eigenvalue weighted by atomic mass is 10.2. The summed E-state index contributed by atoms with van der Waals surface area (Å²) in [6, 6.07) is 23.3. The van der Waals surface area contributed by atoms with Gasteiger partial charge in [-0.1, -0.05) is 53.8 Å². The number of halogens is 1. The molecule has 36 heavy (non-hydrogen) atoms. The molecule has 0 aliphatic rings. The topological polar surface area (TPSA) is 73.8 Å². The fraction of sp³-hybridized carbons (Fsp3) is 0.231. The van der Waals surface area contributed by atoms with Crippen molar-refractivity contribution in [3.8, 4) is 0 Å². The van der Waals surface area contributed by atoms with Crippen molar-refractivity contribution in [2.75, 3.05) is 39.1 Å². The molecule has 0 unspecified atom stereocenters. The van der Waals surface area contributed by atoms with Crippen molar-refractivity contribution in [2.24, 2.45) is 0 Å². The zero-order chi connectivity index (χ0) is 25.0. The van der Waals surface area contributed by atoms with Gasteiger partial charge in [0.1, 0.15) is 0 Å². The Morgan fingerprint density at radius 1 is 0.861 bits per heavy atom. The molecule has 4 aromatic rings. The number of hydrogen-bond donors (Lipinski definition) is 0. The maximum Gasteiger partial charge on any atom is 0.260 e. The van der Waals surface area contributed by atoms with Crippen molar-refractivity contribution in [3.05, 3.63) is 90.0 Å². The van der Waals surface area contributed by atoms with Crippen LogP contribution in [0.25, 0.3) is 10.2 Å². The van der Waals surface area contributed by atoms with Crippen molar-refractivity contribution in [2.45, 2.75) is 11.4 Å². The normalized spacial score (nSPS) is 11.6. The van der Waals surface area contributed by atoms with Crippen LogP contribution in [0.3, 0.4) is 0 Å². The SMILES string of the molecule is CN(C)CCN(C(=O)c1ccc(S(=O)(=O)N(C)Cc2ccccc2)cc1)c1nc2ccccc2s1.Cl. The number of fused-ring (bicyclic) bond motifs is 1. The third-order valence-corrected chi connectivity index (χ3v) is 8.46. The standard InChI is InChI=1S/C26H28N4O3S2.ClH/c1-28(2)17-18-30(26-27-23-11-7-8-12-24(23)34-26)25(31)21-13-15-22(16-14-21)35(32,33)29(3)19-20-9-5-4-6-10-20;/h4-16H,17-19H2,1-3H3;1H. The Balaban J connectivity index is 0.00000361. The summed E-state index contributed by atoms with van der Waals surface area (Å²) >= 11 is 1.47. The van der Waals surface area contributed by atoms with E-state index in [1.54, 1.807) is 24.1 Å². The van der Waals surface area contributed by atoms with E-state index in [4.69, 9.17) is 0 Å².